The lowest BCUT2D eigenvalue weighted by Crippen LogP contribution is -2.13. The molecule has 0 spiro atoms. The Morgan fingerprint density at radius 3 is 2.95 bits per heavy atom. The standard InChI is InChI=1S/C13H10F2N4OS/c1-2-19-4-3-9(18-19)12(20)17-13-16-11-8(15)5-7(14)6-10(11)21-13/h3-6H,2H2,1H3,(H,16,17,20). The fourth-order valence-electron chi connectivity index (χ4n) is 1.83. The van der Waals surface area contributed by atoms with Crippen LogP contribution in [0, 0.1) is 11.6 Å². The van der Waals surface area contributed by atoms with Gasteiger partial charge >= 0.3 is 0 Å². The number of nitrogens with one attached hydrogen (secondary N) is 1. The molecule has 0 fully saturated rings. The predicted molar refractivity (Wildman–Crippen MR) is 75.4 cm³/mol. The second-order valence-corrected chi connectivity index (χ2v) is 5.29. The van der Waals surface area contributed by atoms with Crippen molar-refractivity contribution in [1.82, 2.24) is 14.8 Å². The van der Waals surface area contributed by atoms with Crippen molar-refractivity contribution < 1.29 is 13.6 Å². The number of anilines is 1. The molecule has 1 N–H and O–H groups in total. The molecule has 21 heavy (non-hydrogen) atoms. The molecule has 0 unspecified atom stereocenters. The molecule has 3 rings (SSSR count). The third kappa shape index (κ3) is 2.62. The highest BCUT2D eigenvalue weighted by Gasteiger charge is 2.14. The van der Waals surface area contributed by atoms with Gasteiger partial charge in [0, 0.05) is 18.8 Å². The summed E-state index contributed by atoms with van der Waals surface area (Å²) in [5.74, 6) is -1.87. The number of amides is 1. The van der Waals surface area contributed by atoms with Crippen LogP contribution in [0.5, 0.6) is 0 Å². The first-order valence-corrected chi connectivity index (χ1v) is 6.99. The van der Waals surface area contributed by atoms with Gasteiger partial charge in [0.25, 0.3) is 5.91 Å². The van der Waals surface area contributed by atoms with E-state index in [1.165, 1.54) is 6.07 Å². The second-order valence-electron chi connectivity index (χ2n) is 4.26. The summed E-state index contributed by atoms with van der Waals surface area (Å²) in [4.78, 5) is 15.9. The number of aromatic nitrogens is 3. The van der Waals surface area contributed by atoms with Crippen LogP contribution in [0.1, 0.15) is 17.4 Å². The maximum absolute atomic E-state index is 13.5. The van der Waals surface area contributed by atoms with Crippen LogP contribution in [0.15, 0.2) is 24.4 Å². The third-order valence-electron chi connectivity index (χ3n) is 2.83. The number of rotatable bonds is 3. The summed E-state index contributed by atoms with van der Waals surface area (Å²) in [5, 5.41) is 6.79. The molecule has 0 saturated carbocycles. The van der Waals surface area contributed by atoms with Gasteiger partial charge in [-0.3, -0.25) is 14.8 Å². The van der Waals surface area contributed by atoms with Gasteiger partial charge in [-0.15, -0.1) is 0 Å². The molecule has 0 radical (unpaired) electrons. The van der Waals surface area contributed by atoms with Crippen LogP contribution in [0.25, 0.3) is 10.2 Å². The van der Waals surface area contributed by atoms with Crippen LogP contribution in [0.4, 0.5) is 13.9 Å². The van der Waals surface area contributed by atoms with E-state index in [4.69, 9.17) is 0 Å². The lowest BCUT2D eigenvalue weighted by molar-refractivity contribution is 0.102. The van der Waals surface area contributed by atoms with Gasteiger partial charge in [0.2, 0.25) is 0 Å². The highest BCUT2D eigenvalue weighted by Crippen LogP contribution is 2.28. The topological polar surface area (TPSA) is 59.8 Å². The number of carbonyl (C=O) groups excluding carboxylic acids is 1. The quantitative estimate of drug-likeness (QED) is 0.809. The third-order valence-corrected chi connectivity index (χ3v) is 3.75. The number of hydrogen-bond acceptors (Lipinski definition) is 4. The van der Waals surface area contributed by atoms with Crippen molar-refractivity contribution in [2.24, 2.45) is 0 Å². The summed E-state index contributed by atoms with van der Waals surface area (Å²) in [6, 6.07) is 3.51. The van der Waals surface area contributed by atoms with E-state index in [1.807, 2.05) is 6.92 Å². The molecule has 5 nitrogen and oxygen atoms in total. The fraction of sp³-hybridized carbons (Fsp3) is 0.154. The molecule has 3 aromatic rings. The highest BCUT2D eigenvalue weighted by atomic mass is 32.1. The highest BCUT2D eigenvalue weighted by molar-refractivity contribution is 7.22. The van der Waals surface area contributed by atoms with Crippen LogP contribution in [0.2, 0.25) is 0 Å². The molecule has 0 saturated heterocycles. The molecule has 2 heterocycles. The fourth-order valence-corrected chi connectivity index (χ4v) is 2.73. The van der Waals surface area contributed by atoms with Crippen molar-refractivity contribution in [1.29, 1.82) is 0 Å². The molecule has 0 aliphatic heterocycles. The summed E-state index contributed by atoms with van der Waals surface area (Å²) in [7, 11) is 0. The average Bonchev–Trinajstić information content (AvgIpc) is 3.04. The molecule has 0 aliphatic rings. The summed E-state index contributed by atoms with van der Waals surface area (Å²) in [5.41, 5.74) is 0.276. The monoisotopic (exact) mass is 308 g/mol. The van der Waals surface area contributed by atoms with E-state index in [9.17, 15) is 13.6 Å². The first-order valence-electron chi connectivity index (χ1n) is 6.17. The Kier molecular flexibility index (Phi) is 3.38. The molecule has 0 aliphatic carbocycles. The zero-order valence-electron chi connectivity index (χ0n) is 10.9. The van der Waals surface area contributed by atoms with Crippen molar-refractivity contribution in [2.75, 3.05) is 5.32 Å². The van der Waals surface area contributed by atoms with Crippen molar-refractivity contribution in [3.05, 3.63) is 41.7 Å². The van der Waals surface area contributed by atoms with E-state index in [2.05, 4.69) is 15.4 Å². The predicted octanol–water partition coefficient (Wildman–Crippen LogP) is 3.04. The smallest absolute Gasteiger partial charge is 0.277 e. The Morgan fingerprint density at radius 1 is 1.43 bits per heavy atom. The average molecular weight is 308 g/mol. The molecule has 1 aromatic carbocycles. The minimum atomic E-state index is -0.753. The van der Waals surface area contributed by atoms with Gasteiger partial charge in [0.05, 0.1) is 4.70 Å². The molecule has 8 heteroatoms. The number of thiazole rings is 1. The Labute approximate surface area is 122 Å². The Bertz CT molecular complexity index is 827. The maximum Gasteiger partial charge on any atom is 0.277 e. The molecular weight excluding hydrogens is 298 g/mol. The van der Waals surface area contributed by atoms with Crippen LogP contribution >= 0.6 is 11.3 Å². The first kappa shape index (κ1) is 13.6. The molecule has 2 aromatic heterocycles. The Morgan fingerprint density at radius 2 is 2.24 bits per heavy atom. The number of hydrogen-bond donors (Lipinski definition) is 1. The molecule has 0 atom stereocenters. The largest absolute Gasteiger partial charge is 0.296 e. The van der Waals surface area contributed by atoms with E-state index in [0.29, 0.717) is 11.2 Å². The lowest BCUT2D eigenvalue weighted by atomic mass is 10.3. The van der Waals surface area contributed by atoms with E-state index in [1.54, 1.807) is 16.9 Å². The van der Waals surface area contributed by atoms with Crippen molar-refractivity contribution in [3.63, 3.8) is 0 Å². The molecule has 1 amide bonds. The van der Waals surface area contributed by atoms with Gasteiger partial charge in [0.15, 0.2) is 16.6 Å². The van der Waals surface area contributed by atoms with Crippen molar-refractivity contribution in [2.45, 2.75) is 13.5 Å². The van der Waals surface area contributed by atoms with Crippen LogP contribution in [-0.4, -0.2) is 20.7 Å². The van der Waals surface area contributed by atoms with E-state index >= 15 is 0 Å². The van der Waals surface area contributed by atoms with Gasteiger partial charge in [-0.25, -0.2) is 13.8 Å². The van der Waals surface area contributed by atoms with Gasteiger partial charge in [-0.2, -0.15) is 5.10 Å². The van der Waals surface area contributed by atoms with Crippen molar-refractivity contribution >= 4 is 32.6 Å². The molecular formula is C13H10F2N4OS. The Balaban J connectivity index is 1.87. The van der Waals surface area contributed by atoms with Gasteiger partial charge < -0.3 is 0 Å². The van der Waals surface area contributed by atoms with Gasteiger partial charge in [0.1, 0.15) is 11.3 Å². The van der Waals surface area contributed by atoms with Gasteiger partial charge in [-0.1, -0.05) is 11.3 Å². The molecule has 0 bridgehead atoms. The summed E-state index contributed by atoms with van der Waals surface area (Å²) >= 11 is 1.00. The normalized spacial score (nSPS) is 11.0. The number of aryl methyl sites for hydroxylation is 1. The van der Waals surface area contributed by atoms with Crippen LogP contribution < -0.4 is 5.32 Å². The number of carbonyl (C=O) groups is 1. The Hall–Kier alpha value is -2.35. The zero-order valence-corrected chi connectivity index (χ0v) is 11.7. The van der Waals surface area contributed by atoms with Crippen molar-refractivity contribution in [3.8, 4) is 0 Å². The minimum absolute atomic E-state index is 0.0378. The van der Waals surface area contributed by atoms with Gasteiger partial charge in [-0.05, 0) is 19.1 Å². The maximum atomic E-state index is 13.5. The number of halogens is 2. The lowest BCUT2D eigenvalue weighted by Gasteiger charge is -1.97. The number of nitrogens with zero attached hydrogens (tertiary/aromatic N) is 3. The SMILES string of the molecule is CCn1ccc(C(=O)Nc2nc3c(F)cc(F)cc3s2)n1. The number of fused-ring (bicyclic) bond motifs is 1. The van der Waals surface area contributed by atoms with Crippen LogP contribution in [0.3, 0.4) is 0 Å². The second kappa shape index (κ2) is 5.21. The summed E-state index contributed by atoms with van der Waals surface area (Å²) < 4.78 is 28.6. The zero-order chi connectivity index (χ0) is 15.0. The van der Waals surface area contributed by atoms with E-state index < -0.39 is 17.5 Å². The first-order chi connectivity index (χ1) is 10.1. The molecule has 108 valence electrons. The number of benzene rings is 1. The van der Waals surface area contributed by atoms with E-state index in [0.717, 1.165) is 17.4 Å². The summed E-state index contributed by atoms with van der Waals surface area (Å²) in [6.45, 7) is 2.55. The van der Waals surface area contributed by atoms with Crippen LogP contribution in [-0.2, 0) is 6.54 Å². The summed E-state index contributed by atoms with van der Waals surface area (Å²) in [6.07, 6.45) is 1.68. The van der Waals surface area contributed by atoms with E-state index in [-0.39, 0.29) is 16.3 Å². The minimum Gasteiger partial charge on any atom is -0.296 e.